The molecule has 8 heteroatoms. The summed E-state index contributed by atoms with van der Waals surface area (Å²) in [5, 5.41) is 5.04. The summed E-state index contributed by atoms with van der Waals surface area (Å²) in [6.45, 7) is 7.33. The number of nitrogens with one attached hydrogen (secondary N) is 1. The van der Waals surface area contributed by atoms with Crippen molar-refractivity contribution in [3.63, 3.8) is 0 Å². The first kappa shape index (κ1) is 20.3. The number of anilines is 1. The van der Waals surface area contributed by atoms with Crippen LogP contribution in [-0.2, 0) is 9.53 Å². The van der Waals surface area contributed by atoms with Crippen LogP contribution in [0.15, 0.2) is 35.4 Å². The van der Waals surface area contributed by atoms with Gasteiger partial charge in [0.2, 0.25) is 5.91 Å². The fourth-order valence-corrected chi connectivity index (χ4v) is 4.23. The van der Waals surface area contributed by atoms with Gasteiger partial charge in [0.1, 0.15) is 4.88 Å². The summed E-state index contributed by atoms with van der Waals surface area (Å²) in [6.07, 6.45) is -0.207. The Morgan fingerprint density at radius 2 is 1.96 bits per heavy atom. The summed E-state index contributed by atoms with van der Waals surface area (Å²) in [6, 6.07) is 9.91. The minimum absolute atomic E-state index is 0.199. The predicted octanol–water partition coefficient (Wildman–Crippen LogP) is 4.60. The van der Waals surface area contributed by atoms with E-state index in [2.05, 4.69) is 15.3 Å². The number of fused-ring (bicyclic) bond motifs is 1. The fraction of sp³-hybridized carbons (Fsp3) is 0.300. The molecule has 0 aliphatic carbocycles. The van der Waals surface area contributed by atoms with Crippen LogP contribution in [0.1, 0.15) is 34.8 Å². The van der Waals surface area contributed by atoms with Crippen molar-refractivity contribution < 1.29 is 14.3 Å². The molecule has 0 fully saturated rings. The zero-order valence-corrected chi connectivity index (χ0v) is 17.7. The van der Waals surface area contributed by atoms with Gasteiger partial charge in [0.05, 0.1) is 28.1 Å². The highest BCUT2D eigenvalue weighted by Gasteiger charge is 2.19. The van der Waals surface area contributed by atoms with Crippen LogP contribution in [0, 0.1) is 13.8 Å². The number of benzene rings is 1. The fourth-order valence-electron chi connectivity index (χ4n) is 2.59. The first-order valence-electron chi connectivity index (χ1n) is 8.81. The van der Waals surface area contributed by atoms with Gasteiger partial charge in [-0.25, -0.2) is 14.8 Å². The average Bonchev–Trinajstić information content (AvgIpc) is 3.00. The lowest BCUT2D eigenvalue weighted by atomic mass is 10.1. The molecule has 0 atom stereocenters. The molecule has 0 saturated carbocycles. The Labute approximate surface area is 171 Å². The molecule has 146 valence electrons. The van der Waals surface area contributed by atoms with E-state index in [4.69, 9.17) is 4.74 Å². The summed E-state index contributed by atoms with van der Waals surface area (Å²) in [7, 11) is 0. The molecular weight excluding hydrogens is 394 g/mol. The van der Waals surface area contributed by atoms with Crippen LogP contribution in [0.3, 0.4) is 0 Å². The van der Waals surface area contributed by atoms with Gasteiger partial charge in [-0.1, -0.05) is 41.3 Å². The molecule has 0 bridgehead atoms. The van der Waals surface area contributed by atoms with Crippen LogP contribution in [0.25, 0.3) is 10.9 Å². The van der Waals surface area contributed by atoms with E-state index < -0.39 is 5.97 Å². The highest BCUT2D eigenvalue weighted by atomic mass is 32.2. The van der Waals surface area contributed by atoms with Gasteiger partial charge in [0.15, 0.2) is 5.13 Å². The number of carbonyl (C=O) groups is 2. The number of esters is 1. The molecular formula is C20H21N3O3S2. The van der Waals surface area contributed by atoms with Gasteiger partial charge in [-0.3, -0.25) is 4.79 Å². The molecule has 3 rings (SSSR count). The van der Waals surface area contributed by atoms with Crippen molar-refractivity contribution in [3.8, 4) is 0 Å². The minimum atomic E-state index is -0.421. The Bertz CT molecular complexity index is 1030. The van der Waals surface area contributed by atoms with E-state index in [0.29, 0.717) is 15.7 Å². The number of amides is 1. The first-order chi connectivity index (χ1) is 13.3. The molecule has 3 aromatic rings. The second-order valence-electron chi connectivity index (χ2n) is 6.52. The van der Waals surface area contributed by atoms with Gasteiger partial charge in [-0.05, 0) is 45.4 Å². The monoisotopic (exact) mass is 415 g/mol. The Hall–Kier alpha value is -2.45. The first-order valence-corrected chi connectivity index (χ1v) is 10.6. The van der Waals surface area contributed by atoms with Crippen molar-refractivity contribution in [1.82, 2.24) is 9.97 Å². The topological polar surface area (TPSA) is 81.2 Å². The number of thioether (sulfide) groups is 1. The molecule has 0 saturated heterocycles. The van der Waals surface area contributed by atoms with Crippen LogP contribution in [0.2, 0.25) is 0 Å². The lowest BCUT2D eigenvalue weighted by Crippen LogP contribution is -2.14. The molecule has 0 unspecified atom stereocenters. The number of thiazole rings is 1. The minimum Gasteiger partial charge on any atom is -0.459 e. The number of nitrogens with zero attached hydrogens (tertiary/aromatic N) is 2. The van der Waals surface area contributed by atoms with E-state index >= 15 is 0 Å². The molecule has 0 radical (unpaired) electrons. The van der Waals surface area contributed by atoms with Gasteiger partial charge in [-0.15, -0.1) is 0 Å². The largest absolute Gasteiger partial charge is 0.459 e. The molecule has 28 heavy (non-hydrogen) atoms. The third kappa shape index (κ3) is 4.88. The van der Waals surface area contributed by atoms with Gasteiger partial charge < -0.3 is 10.1 Å². The number of carbonyl (C=O) groups excluding carboxylic acids is 2. The number of hydrogen-bond acceptors (Lipinski definition) is 7. The zero-order valence-electron chi connectivity index (χ0n) is 16.1. The number of aromatic nitrogens is 2. The van der Waals surface area contributed by atoms with Gasteiger partial charge in [-0.2, -0.15) is 0 Å². The quantitative estimate of drug-likeness (QED) is 0.468. The van der Waals surface area contributed by atoms with E-state index in [9.17, 15) is 9.59 Å². The van der Waals surface area contributed by atoms with Crippen molar-refractivity contribution >= 4 is 51.0 Å². The number of rotatable bonds is 6. The molecule has 1 aromatic carbocycles. The molecule has 0 spiro atoms. The number of hydrogen-bond donors (Lipinski definition) is 1. The summed E-state index contributed by atoms with van der Waals surface area (Å²) >= 11 is 2.49. The van der Waals surface area contributed by atoms with Crippen LogP contribution < -0.4 is 5.32 Å². The molecule has 0 aliphatic rings. The maximum absolute atomic E-state index is 12.3. The predicted molar refractivity (Wildman–Crippen MR) is 113 cm³/mol. The standard InChI is InChI=1S/C20H21N3O3S2/c1-11(2)26-19(25)18-13(4)21-20(28-18)23-16(24)10-27-17-9-12(3)14-7-5-6-8-15(14)22-17/h5-9,11H,10H2,1-4H3,(H,21,23,24). The Kier molecular flexibility index (Phi) is 6.31. The van der Waals surface area contributed by atoms with E-state index in [-0.39, 0.29) is 17.8 Å². The number of pyridine rings is 1. The van der Waals surface area contributed by atoms with E-state index in [1.807, 2.05) is 37.3 Å². The van der Waals surface area contributed by atoms with Gasteiger partial charge in [0.25, 0.3) is 0 Å². The normalized spacial score (nSPS) is 11.0. The number of para-hydroxylation sites is 1. The summed E-state index contributed by atoms with van der Waals surface area (Å²) in [4.78, 5) is 33.6. The average molecular weight is 416 g/mol. The van der Waals surface area contributed by atoms with E-state index in [1.54, 1.807) is 20.8 Å². The Balaban J connectivity index is 1.63. The van der Waals surface area contributed by atoms with Crippen molar-refractivity contribution in [2.45, 2.75) is 38.8 Å². The number of aryl methyl sites for hydroxylation is 2. The van der Waals surface area contributed by atoms with Crippen molar-refractivity contribution in [3.05, 3.63) is 46.5 Å². The maximum Gasteiger partial charge on any atom is 0.350 e. The molecule has 2 heterocycles. The van der Waals surface area contributed by atoms with E-state index in [1.165, 1.54) is 11.8 Å². The lowest BCUT2D eigenvalue weighted by Gasteiger charge is -2.06. The molecule has 6 nitrogen and oxygen atoms in total. The third-order valence-corrected chi connectivity index (χ3v) is 5.79. The van der Waals surface area contributed by atoms with Crippen LogP contribution in [0.4, 0.5) is 5.13 Å². The van der Waals surface area contributed by atoms with Crippen molar-refractivity contribution in [2.75, 3.05) is 11.1 Å². The SMILES string of the molecule is Cc1nc(NC(=O)CSc2cc(C)c3ccccc3n2)sc1C(=O)OC(C)C. The van der Waals surface area contributed by atoms with Crippen LogP contribution >= 0.6 is 23.1 Å². The highest BCUT2D eigenvalue weighted by molar-refractivity contribution is 7.99. The van der Waals surface area contributed by atoms with Crippen LogP contribution in [-0.4, -0.2) is 33.7 Å². The van der Waals surface area contributed by atoms with Crippen LogP contribution in [0.5, 0.6) is 0 Å². The van der Waals surface area contributed by atoms with Gasteiger partial charge >= 0.3 is 5.97 Å². The maximum atomic E-state index is 12.3. The summed E-state index contributed by atoms with van der Waals surface area (Å²) < 4.78 is 5.19. The molecule has 1 amide bonds. The second-order valence-corrected chi connectivity index (χ2v) is 8.51. The smallest absolute Gasteiger partial charge is 0.350 e. The third-order valence-electron chi connectivity index (χ3n) is 3.82. The summed E-state index contributed by atoms with van der Waals surface area (Å²) in [5.74, 6) is -0.416. The molecule has 2 aromatic heterocycles. The van der Waals surface area contributed by atoms with E-state index in [0.717, 1.165) is 32.8 Å². The molecule has 0 aliphatic heterocycles. The van der Waals surface area contributed by atoms with Crippen molar-refractivity contribution in [1.29, 1.82) is 0 Å². The van der Waals surface area contributed by atoms with Crippen molar-refractivity contribution in [2.24, 2.45) is 0 Å². The second kappa shape index (κ2) is 8.70. The molecule has 1 N–H and O–H groups in total. The summed E-state index contributed by atoms with van der Waals surface area (Å²) in [5.41, 5.74) is 2.58. The Morgan fingerprint density at radius 3 is 2.71 bits per heavy atom. The zero-order chi connectivity index (χ0) is 20.3. The number of ether oxygens (including phenoxy) is 1. The van der Waals surface area contributed by atoms with Gasteiger partial charge in [0, 0.05) is 5.39 Å². The Morgan fingerprint density at radius 1 is 1.21 bits per heavy atom. The highest BCUT2D eigenvalue weighted by Crippen LogP contribution is 2.26. The lowest BCUT2D eigenvalue weighted by molar-refractivity contribution is -0.113.